The maximum atomic E-state index is 11.0. The van der Waals surface area contributed by atoms with Crippen LogP contribution in [0.1, 0.15) is 31.6 Å². The number of carbonyl (C=O) groups is 1. The van der Waals surface area contributed by atoms with Crippen LogP contribution in [0.15, 0.2) is 24.3 Å². The second-order valence-electron chi connectivity index (χ2n) is 4.56. The van der Waals surface area contributed by atoms with E-state index in [1.165, 1.54) is 0 Å². The number of phenols is 1. The molecule has 0 aliphatic rings. The minimum atomic E-state index is -1.10. The molecule has 5 nitrogen and oxygen atoms in total. The Labute approximate surface area is 104 Å². The van der Waals surface area contributed by atoms with Gasteiger partial charge in [0.25, 0.3) is 0 Å². The maximum Gasteiger partial charge on any atom is 0.326 e. The van der Waals surface area contributed by atoms with Gasteiger partial charge in [-0.3, -0.25) is 4.79 Å². The van der Waals surface area contributed by atoms with Gasteiger partial charge >= 0.3 is 5.97 Å². The van der Waals surface area contributed by atoms with Crippen LogP contribution in [0.4, 0.5) is 0 Å². The Balaban J connectivity index is 2.77. The van der Waals surface area contributed by atoms with Crippen molar-refractivity contribution in [3.63, 3.8) is 0 Å². The molecule has 0 saturated carbocycles. The van der Waals surface area contributed by atoms with Crippen LogP contribution in [0.2, 0.25) is 0 Å². The third-order valence-electron chi connectivity index (χ3n) is 2.99. The fraction of sp³-hybridized carbons (Fsp3) is 0.308. The van der Waals surface area contributed by atoms with Crippen LogP contribution < -0.4 is 5.73 Å². The van der Waals surface area contributed by atoms with Gasteiger partial charge in [-0.15, -0.1) is 0 Å². The van der Waals surface area contributed by atoms with E-state index >= 15 is 0 Å². The number of aliphatic carboxylic acids is 1. The number of aromatic nitrogens is 1. The van der Waals surface area contributed by atoms with Gasteiger partial charge in [-0.2, -0.15) is 0 Å². The van der Waals surface area contributed by atoms with Crippen LogP contribution in [0.3, 0.4) is 0 Å². The first-order valence-corrected chi connectivity index (χ1v) is 5.74. The molecule has 5 heteroatoms. The van der Waals surface area contributed by atoms with Crippen molar-refractivity contribution in [2.24, 2.45) is 5.73 Å². The molecule has 96 valence electrons. The average molecular weight is 248 g/mol. The lowest BCUT2D eigenvalue weighted by molar-refractivity contribution is -0.138. The molecule has 2 aromatic rings. The third kappa shape index (κ3) is 1.82. The zero-order valence-electron chi connectivity index (χ0n) is 10.3. The van der Waals surface area contributed by atoms with Gasteiger partial charge in [-0.25, -0.2) is 0 Å². The van der Waals surface area contributed by atoms with Crippen LogP contribution in [0.25, 0.3) is 10.9 Å². The molecule has 0 bridgehead atoms. The Kier molecular flexibility index (Phi) is 3.00. The van der Waals surface area contributed by atoms with Gasteiger partial charge in [0.1, 0.15) is 11.8 Å². The number of phenolic OH excluding ortho intramolecular Hbond substituents is 1. The molecule has 1 atom stereocenters. The lowest BCUT2D eigenvalue weighted by Crippen LogP contribution is -2.24. The molecule has 1 heterocycles. The zero-order valence-corrected chi connectivity index (χ0v) is 10.3. The summed E-state index contributed by atoms with van der Waals surface area (Å²) in [5.41, 5.74) is 6.97. The number of nitrogens with two attached hydrogens (primary N) is 1. The van der Waals surface area contributed by atoms with E-state index in [4.69, 9.17) is 10.8 Å². The number of rotatable bonds is 3. The van der Waals surface area contributed by atoms with Crippen molar-refractivity contribution in [2.45, 2.75) is 25.9 Å². The lowest BCUT2D eigenvalue weighted by atomic mass is 10.2. The van der Waals surface area contributed by atoms with Gasteiger partial charge in [-0.1, -0.05) is 6.07 Å². The number of benzene rings is 1. The molecule has 2 rings (SSSR count). The number of nitrogens with zero attached hydrogens (tertiary/aromatic N) is 1. The van der Waals surface area contributed by atoms with E-state index in [2.05, 4.69) is 0 Å². The fourth-order valence-corrected chi connectivity index (χ4v) is 2.20. The highest BCUT2D eigenvalue weighted by Crippen LogP contribution is 2.32. The lowest BCUT2D eigenvalue weighted by Gasteiger charge is -2.16. The van der Waals surface area contributed by atoms with Gasteiger partial charge in [0.2, 0.25) is 0 Å². The smallest absolute Gasteiger partial charge is 0.326 e. The molecule has 0 fully saturated rings. The first kappa shape index (κ1) is 12.4. The fourth-order valence-electron chi connectivity index (χ4n) is 2.20. The minimum absolute atomic E-state index is 0.0599. The molecule has 0 amide bonds. The number of fused-ring (bicyclic) bond motifs is 1. The summed E-state index contributed by atoms with van der Waals surface area (Å²) >= 11 is 0. The van der Waals surface area contributed by atoms with E-state index in [0.29, 0.717) is 11.1 Å². The van der Waals surface area contributed by atoms with Crippen LogP contribution in [-0.2, 0) is 4.79 Å². The topological polar surface area (TPSA) is 88.5 Å². The molecule has 18 heavy (non-hydrogen) atoms. The quantitative estimate of drug-likeness (QED) is 0.775. The van der Waals surface area contributed by atoms with Crippen molar-refractivity contribution in [1.82, 2.24) is 4.57 Å². The van der Waals surface area contributed by atoms with Crippen LogP contribution >= 0.6 is 0 Å². The summed E-state index contributed by atoms with van der Waals surface area (Å²) in [5, 5.41) is 19.5. The van der Waals surface area contributed by atoms with Crippen molar-refractivity contribution >= 4 is 16.9 Å². The van der Waals surface area contributed by atoms with E-state index in [-0.39, 0.29) is 11.8 Å². The maximum absolute atomic E-state index is 11.0. The molecule has 1 aromatic heterocycles. The Bertz CT molecular complexity index is 602. The summed E-state index contributed by atoms with van der Waals surface area (Å²) in [6, 6.07) is 5.75. The van der Waals surface area contributed by atoms with E-state index in [1.54, 1.807) is 18.2 Å². The SMILES string of the molecule is CC(C)n1c(C(N)C(=O)O)cc2c(O)cccc21. The summed E-state index contributed by atoms with van der Waals surface area (Å²) < 4.78 is 1.84. The normalized spacial score (nSPS) is 13.1. The first-order chi connectivity index (χ1) is 8.43. The van der Waals surface area contributed by atoms with Crippen molar-refractivity contribution in [1.29, 1.82) is 0 Å². The van der Waals surface area contributed by atoms with Gasteiger partial charge < -0.3 is 20.5 Å². The molecule has 0 aliphatic heterocycles. The van der Waals surface area contributed by atoms with Gasteiger partial charge in [0.15, 0.2) is 0 Å². The number of hydrogen-bond acceptors (Lipinski definition) is 3. The molecule has 1 aromatic carbocycles. The van der Waals surface area contributed by atoms with Crippen LogP contribution in [0, 0.1) is 0 Å². The van der Waals surface area contributed by atoms with Crippen molar-refractivity contribution in [3.05, 3.63) is 30.0 Å². The Hall–Kier alpha value is -2.01. The second-order valence-corrected chi connectivity index (χ2v) is 4.56. The molecule has 4 N–H and O–H groups in total. The van der Waals surface area contributed by atoms with Crippen molar-refractivity contribution in [3.8, 4) is 5.75 Å². The number of aromatic hydroxyl groups is 1. The molecule has 0 radical (unpaired) electrons. The Morgan fingerprint density at radius 3 is 2.61 bits per heavy atom. The third-order valence-corrected chi connectivity index (χ3v) is 2.99. The molecule has 0 aliphatic carbocycles. The summed E-state index contributed by atoms with van der Waals surface area (Å²) in [6.45, 7) is 3.89. The highest BCUT2D eigenvalue weighted by atomic mass is 16.4. The summed E-state index contributed by atoms with van der Waals surface area (Å²) in [6.07, 6.45) is 0. The van der Waals surface area contributed by atoms with Gasteiger partial charge in [0.05, 0.1) is 5.52 Å². The molecule has 0 saturated heterocycles. The summed E-state index contributed by atoms with van der Waals surface area (Å²) in [4.78, 5) is 11.0. The monoisotopic (exact) mass is 248 g/mol. The average Bonchev–Trinajstić information content (AvgIpc) is 2.68. The first-order valence-electron chi connectivity index (χ1n) is 5.74. The summed E-state index contributed by atoms with van der Waals surface area (Å²) in [7, 11) is 0. The molecular weight excluding hydrogens is 232 g/mol. The predicted octanol–water partition coefficient (Wildman–Crippen LogP) is 2.01. The van der Waals surface area contributed by atoms with Crippen LogP contribution in [0.5, 0.6) is 5.75 Å². The highest BCUT2D eigenvalue weighted by molar-refractivity contribution is 5.89. The number of carboxylic acids is 1. The predicted molar refractivity (Wildman–Crippen MR) is 68.6 cm³/mol. The standard InChI is InChI=1S/C13H16N2O3/c1-7(2)15-9-4-3-5-11(16)8(9)6-10(15)12(14)13(17)18/h3-7,12,16H,14H2,1-2H3,(H,17,18). The van der Waals surface area contributed by atoms with Gasteiger partial charge in [-0.05, 0) is 32.0 Å². The Morgan fingerprint density at radius 1 is 1.39 bits per heavy atom. The largest absolute Gasteiger partial charge is 0.507 e. The van der Waals surface area contributed by atoms with E-state index in [0.717, 1.165) is 5.52 Å². The second kappa shape index (κ2) is 4.34. The highest BCUT2D eigenvalue weighted by Gasteiger charge is 2.22. The minimum Gasteiger partial charge on any atom is -0.507 e. The van der Waals surface area contributed by atoms with Crippen LogP contribution in [-0.4, -0.2) is 20.7 Å². The molecule has 0 spiro atoms. The Morgan fingerprint density at radius 2 is 2.06 bits per heavy atom. The van der Waals surface area contributed by atoms with E-state index in [1.807, 2.05) is 24.5 Å². The van der Waals surface area contributed by atoms with E-state index in [9.17, 15) is 9.90 Å². The van der Waals surface area contributed by atoms with Crippen molar-refractivity contribution in [2.75, 3.05) is 0 Å². The zero-order chi connectivity index (χ0) is 13.4. The van der Waals surface area contributed by atoms with Crippen molar-refractivity contribution < 1.29 is 15.0 Å². The molecule has 1 unspecified atom stereocenters. The summed E-state index contributed by atoms with van der Waals surface area (Å²) in [5.74, 6) is -0.954. The van der Waals surface area contributed by atoms with E-state index < -0.39 is 12.0 Å². The molecular formula is C13H16N2O3. The number of carboxylic acid groups (broad SMARTS) is 1. The van der Waals surface area contributed by atoms with Gasteiger partial charge in [0, 0.05) is 17.1 Å². The number of hydrogen-bond donors (Lipinski definition) is 3.